The smallest absolute Gasteiger partial charge is 0.242 e. The number of nitrogens with zero attached hydrogens (tertiary/aromatic N) is 1. The molecule has 1 N–H and O–H groups in total. The van der Waals surface area contributed by atoms with Gasteiger partial charge in [-0.1, -0.05) is 55.3 Å². The van der Waals surface area contributed by atoms with Crippen LogP contribution in [0.4, 0.5) is 4.39 Å². The Morgan fingerprint density at radius 3 is 2.46 bits per heavy atom. The summed E-state index contributed by atoms with van der Waals surface area (Å²) in [7, 11) is 0. The van der Waals surface area contributed by atoms with Gasteiger partial charge in [0.05, 0.1) is 6.42 Å². The molecule has 1 atom stereocenters. The topological polar surface area (TPSA) is 49.4 Å². The molecule has 0 fully saturated rings. The van der Waals surface area contributed by atoms with Crippen LogP contribution in [-0.2, 0) is 22.6 Å². The van der Waals surface area contributed by atoms with Crippen molar-refractivity contribution in [1.29, 1.82) is 0 Å². The van der Waals surface area contributed by atoms with Crippen molar-refractivity contribution in [3.63, 3.8) is 0 Å². The van der Waals surface area contributed by atoms with E-state index in [1.165, 1.54) is 12.1 Å². The van der Waals surface area contributed by atoms with Gasteiger partial charge < -0.3 is 10.2 Å². The molecule has 0 bridgehead atoms. The maximum atomic E-state index is 13.1. The first-order valence-corrected chi connectivity index (χ1v) is 9.78. The van der Waals surface area contributed by atoms with Gasteiger partial charge in [-0.05, 0) is 43.5 Å². The van der Waals surface area contributed by atoms with Crippen LogP contribution in [0.3, 0.4) is 0 Å². The molecule has 2 amide bonds. The Kier molecular flexibility index (Phi) is 8.18. The summed E-state index contributed by atoms with van der Waals surface area (Å²) in [5, 5.41) is 2.90. The van der Waals surface area contributed by atoms with Crippen molar-refractivity contribution in [3.8, 4) is 0 Å². The molecule has 5 heteroatoms. The van der Waals surface area contributed by atoms with Crippen molar-refractivity contribution in [3.05, 3.63) is 71.0 Å². The van der Waals surface area contributed by atoms with Gasteiger partial charge in [0, 0.05) is 13.1 Å². The maximum Gasteiger partial charge on any atom is 0.242 e. The minimum absolute atomic E-state index is 0.124. The molecule has 0 unspecified atom stereocenters. The number of carbonyl (C=O) groups is 2. The number of carbonyl (C=O) groups excluding carboxylic acids is 2. The van der Waals surface area contributed by atoms with Crippen LogP contribution in [0.25, 0.3) is 0 Å². The van der Waals surface area contributed by atoms with Crippen LogP contribution in [0.2, 0.25) is 0 Å². The molecule has 2 aromatic rings. The van der Waals surface area contributed by atoms with Gasteiger partial charge in [-0.2, -0.15) is 0 Å². The molecular formula is C23H29FN2O2. The van der Waals surface area contributed by atoms with Gasteiger partial charge in [0.15, 0.2) is 0 Å². The zero-order valence-corrected chi connectivity index (χ0v) is 16.9. The van der Waals surface area contributed by atoms with Gasteiger partial charge in [0.1, 0.15) is 11.9 Å². The van der Waals surface area contributed by atoms with Crippen molar-refractivity contribution in [2.24, 2.45) is 0 Å². The summed E-state index contributed by atoms with van der Waals surface area (Å²) >= 11 is 0. The van der Waals surface area contributed by atoms with Gasteiger partial charge >= 0.3 is 0 Å². The summed E-state index contributed by atoms with van der Waals surface area (Å²) in [5.74, 6) is -0.656. The van der Waals surface area contributed by atoms with Crippen LogP contribution in [0, 0.1) is 12.7 Å². The number of aryl methyl sites for hydroxylation is 1. The Bertz CT molecular complexity index is 789. The Labute approximate surface area is 166 Å². The first-order valence-electron chi connectivity index (χ1n) is 9.78. The fourth-order valence-corrected chi connectivity index (χ4v) is 3.00. The second-order valence-electron chi connectivity index (χ2n) is 7.13. The monoisotopic (exact) mass is 384 g/mol. The van der Waals surface area contributed by atoms with Crippen LogP contribution in [-0.4, -0.2) is 29.3 Å². The lowest BCUT2D eigenvalue weighted by Crippen LogP contribution is -2.48. The van der Waals surface area contributed by atoms with E-state index in [1.807, 2.05) is 31.2 Å². The second kappa shape index (κ2) is 10.6. The van der Waals surface area contributed by atoms with E-state index < -0.39 is 6.04 Å². The lowest BCUT2D eigenvalue weighted by atomic mass is 10.1. The minimum Gasteiger partial charge on any atom is -0.354 e. The Hall–Kier alpha value is -2.69. The molecule has 0 aliphatic rings. The van der Waals surface area contributed by atoms with Gasteiger partial charge in [0.2, 0.25) is 11.8 Å². The fraction of sp³-hybridized carbons (Fsp3) is 0.391. The van der Waals surface area contributed by atoms with Crippen LogP contribution in [0.1, 0.15) is 43.4 Å². The molecule has 0 heterocycles. The molecule has 0 saturated carbocycles. The number of hydrogen-bond acceptors (Lipinski definition) is 2. The molecule has 0 saturated heterocycles. The first-order chi connectivity index (χ1) is 13.4. The van der Waals surface area contributed by atoms with E-state index in [0.29, 0.717) is 13.1 Å². The third-order valence-electron chi connectivity index (χ3n) is 4.70. The number of amides is 2. The number of hydrogen-bond donors (Lipinski definition) is 1. The highest BCUT2D eigenvalue weighted by molar-refractivity contribution is 5.88. The standard InChI is InChI=1S/C23H29FN2O2/c1-4-5-13-25-23(28)18(3)26(16-20-8-6-7-17(2)14-20)22(27)15-19-9-11-21(24)12-10-19/h6-12,14,18H,4-5,13,15-16H2,1-3H3,(H,25,28)/t18-/m1/s1. The van der Waals surface area contributed by atoms with Gasteiger partial charge in [0.25, 0.3) is 0 Å². The molecule has 150 valence electrons. The zero-order valence-electron chi connectivity index (χ0n) is 16.9. The average Bonchev–Trinajstić information content (AvgIpc) is 2.67. The van der Waals surface area contributed by atoms with E-state index in [-0.39, 0.29) is 24.1 Å². The van der Waals surface area contributed by atoms with Gasteiger partial charge in [-0.15, -0.1) is 0 Å². The molecule has 0 aliphatic heterocycles. The summed E-state index contributed by atoms with van der Waals surface area (Å²) in [6.07, 6.45) is 2.02. The molecule has 0 aromatic heterocycles. The Balaban J connectivity index is 2.17. The largest absolute Gasteiger partial charge is 0.354 e. The van der Waals surface area contributed by atoms with Crippen LogP contribution >= 0.6 is 0 Å². The highest BCUT2D eigenvalue weighted by Gasteiger charge is 2.26. The summed E-state index contributed by atoms with van der Waals surface area (Å²) in [5.41, 5.74) is 2.79. The van der Waals surface area contributed by atoms with Crippen molar-refractivity contribution in [2.45, 2.75) is 52.6 Å². The van der Waals surface area contributed by atoms with Crippen LogP contribution in [0.5, 0.6) is 0 Å². The molecule has 0 spiro atoms. The van der Waals surface area contributed by atoms with Crippen LogP contribution < -0.4 is 5.32 Å². The van der Waals surface area contributed by atoms with Crippen molar-refractivity contribution in [2.75, 3.05) is 6.54 Å². The third kappa shape index (κ3) is 6.48. The highest BCUT2D eigenvalue weighted by atomic mass is 19.1. The number of nitrogens with one attached hydrogen (secondary N) is 1. The number of halogens is 1. The lowest BCUT2D eigenvalue weighted by Gasteiger charge is -2.29. The zero-order chi connectivity index (χ0) is 20.5. The fourth-order valence-electron chi connectivity index (χ4n) is 3.00. The molecular weight excluding hydrogens is 355 g/mol. The van der Waals surface area contributed by atoms with E-state index in [1.54, 1.807) is 24.0 Å². The second-order valence-corrected chi connectivity index (χ2v) is 7.13. The molecule has 0 radical (unpaired) electrons. The van der Waals surface area contributed by atoms with Gasteiger partial charge in [-0.25, -0.2) is 4.39 Å². The summed E-state index contributed by atoms with van der Waals surface area (Å²) in [6, 6.07) is 13.2. The third-order valence-corrected chi connectivity index (χ3v) is 4.70. The molecule has 4 nitrogen and oxygen atoms in total. The average molecular weight is 384 g/mol. The Morgan fingerprint density at radius 2 is 1.82 bits per heavy atom. The molecule has 2 aromatic carbocycles. The highest BCUT2D eigenvalue weighted by Crippen LogP contribution is 2.14. The quantitative estimate of drug-likeness (QED) is 0.664. The van der Waals surface area contributed by atoms with E-state index in [0.717, 1.165) is 29.5 Å². The summed E-state index contributed by atoms with van der Waals surface area (Å²) in [6.45, 7) is 6.76. The molecule has 28 heavy (non-hydrogen) atoms. The first kappa shape index (κ1) is 21.6. The lowest BCUT2D eigenvalue weighted by molar-refractivity contribution is -0.140. The van der Waals surface area contributed by atoms with E-state index in [4.69, 9.17) is 0 Å². The van der Waals surface area contributed by atoms with Crippen LogP contribution in [0.15, 0.2) is 48.5 Å². The summed E-state index contributed by atoms with van der Waals surface area (Å²) < 4.78 is 13.1. The number of unbranched alkanes of at least 4 members (excludes halogenated alkanes) is 1. The predicted octanol–water partition coefficient (Wildman–Crippen LogP) is 4.01. The predicted molar refractivity (Wildman–Crippen MR) is 109 cm³/mol. The number of rotatable bonds is 9. The number of benzene rings is 2. The normalized spacial score (nSPS) is 11.7. The van der Waals surface area contributed by atoms with Crippen molar-refractivity contribution >= 4 is 11.8 Å². The van der Waals surface area contributed by atoms with Crippen molar-refractivity contribution < 1.29 is 14.0 Å². The van der Waals surface area contributed by atoms with E-state index in [2.05, 4.69) is 12.2 Å². The summed E-state index contributed by atoms with van der Waals surface area (Å²) in [4.78, 5) is 27.2. The van der Waals surface area contributed by atoms with E-state index in [9.17, 15) is 14.0 Å². The molecule has 0 aliphatic carbocycles. The molecule has 2 rings (SSSR count). The van der Waals surface area contributed by atoms with Gasteiger partial charge in [-0.3, -0.25) is 9.59 Å². The van der Waals surface area contributed by atoms with Crippen molar-refractivity contribution in [1.82, 2.24) is 10.2 Å². The maximum absolute atomic E-state index is 13.1. The Morgan fingerprint density at radius 1 is 1.11 bits per heavy atom. The SMILES string of the molecule is CCCCNC(=O)[C@@H](C)N(Cc1cccc(C)c1)C(=O)Cc1ccc(F)cc1. The van der Waals surface area contributed by atoms with E-state index >= 15 is 0 Å². The minimum atomic E-state index is -0.592.